The second-order valence-electron chi connectivity index (χ2n) is 5.67. The van der Waals surface area contributed by atoms with E-state index in [2.05, 4.69) is 20.1 Å². The Morgan fingerprint density at radius 2 is 2.12 bits per heavy atom. The fraction of sp³-hybridized carbons (Fsp3) is 0.250. The van der Waals surface area contributed by atoms with E-state index >= 15 is 0 Å². The molecule has 25 heavy (non-hydrogen) atoms. The summed E-state index contributed by atoms with van der Waals surface area (Å²) in [5.41, 5.74) is 13.0. The van der Waals surface area contributed by atoms with E-state index in [9.17, 15) is 4.79 Å². The highest BCUT2D eigenvalue weighted by Gasteiger charge is 2.18. The SMILES string of the molecule is Cc1noc(/C(N)=N/c2c(C(C)N)[nH]c(=O)n2Cc2ccccc2)n1. The van der Waals surface area contributed by atoms with Crippen molar-refractivity contribution in [3.8, 4) is 0 Å². The molecule has 0 fully saturated rings. The summed E-state index contributed by atoms with van der Waals surface area (Å²) in [6, 6.07) is 9.12. The minimum absolute atomic E-state index is 0.0170. The first-order chi connectivity index (χ1) is 12.0. The van der Waals surface area contributed by atoms with Crippen molar-refractivity contribution in [2.45, 2.75) is 26.4 Å². The van der Waals surface area contributed by atoms with Crippen LogP contribution in [0.3, 0.4) is 0 Å². The van der Waals surface area contributed by atoms with Gasteiger partial charge in [-0.1, -0.05) is 35.5 Å². The first kappa shape index (κ1) is 16.7. The van der Waals surface area contributed by atoms with E-state index in [1.54, 1.807) is 13.8 Å². The number of benzene rings is 1. The average molecular weight is 341 g/mol. The number of amidine groups is 1. The van der Waals surface area contributed by atoms with Crippen molar-refractivity contribution in [1.29, 1.82) is 0 Å². The van der Waals surface area contributed by atoms with Gasteiger partial charge in [-0.3, -0.25) is 4.57 Å². The molecule has 5 N–H and O–H groups in total. The summed E-state index contributed by atoms with van der Waals surface area (Å²) in [6.07, 6.45) is 0. The van der Waals surface area contributed by atoms with Gasteiger partial charge in [-0.15, -0.1) is 0 Å². The Bertz CT molecular complexity index is 951. The van der Waals surface area contributed by atoms with Gasteiger partial charge in [0.25, 0.3) is 5.89 Å². The molecule has 0 saturated carbocycles. The smallest absolute Gasteiger partial charge is 0.327 e. The zero-order valence-electron chi connectivity index (χ0n) is 13.9. The van der Waals surface area contributed by atoms with Crippen molar-refractivity contribution in [3.63, 3.8) is 0 Å². The van der Waals surface area contributed by atoms with Crippen molar-refractivity contribution >= 4 is 11.7 Å². The van der Waals surface area contributed by atoms with Gasteiger partial charge in [0.2, 0.25) is 0 Å². The topological polar surface area (TPSA) is 141 Å². The highest BCUT2D eigenvalue weighted by molar-refractivity contribution is 5.94. The lowest BCUT2D eigenvalue weighted by atomic mass is 10.2. The van der Waals surface area contributed by atoms with Gasteiger partial charge in [-0.2, -0.15) is 4.98 Å². The van der Waals surface area contributed by atoms with Crippen LogP contribution in [0.25, 0.3) is 0 Å². The van der Waals surface area contributed by atoms with Gasteiger partial charge in [0.15, 0.2) is 17.5 Å². The summed E-state index contributed by atoms with van der Waals surface area (Å²) in [6.45, 7) is 3.76. The van der Waals surface area contributed by atoms with Crippen LogP contribution in [-0.2, 0) is 6.54 Å². The average Bonchev–Trinajstić information content (AvgIpc) is 3.14. The van der Waals surface area contributed by atoms with Gasteiger partial charge in [-0.25, -0.2) is 9.79 Å². The molecule has 2 aromatic heterocycles. The normalized spacial score (nSPS) is 13.2. The predicted octanol–water partition coefficient (Wildman–Crippen LogP) is 0.973. The third-order valence-electron chi connectivity index (χ3n) is 3.60. The molecule has 1 atom stereocenters. The minimum atomic E-state index is -0.430. The molecule has 3 aromatic rings. The molecule has 0 spiro atoms. The van der Waals surface area contributed by atoms with Crippen molar-refractivity contribution < 1.29 is 4.52 Å². The molecule has 0 radical (unpaired) electrons. The fourth-order valence-corrected chi connectivity index (χ4v) is 2.39. The molecule has 0 aliphatic heterocycles. The summed E-state index contributed by atoms with van der Waals surface area (Å²) in [7, 11) is 0. The van der Waals surface area contributed by atoms with Crippen molar-refractivity contribution in [3.05, 3.63) is 63.8 Å². The number of rotatable bonds is 5. The van der Waals surface area contributed by atoms with Gasteiger partial charge in [0.05, 0.1) is 12.2 Å². The van der Waals surface area contributed by atoms with Gasteiger partial charge >= 0.3 is 5.69 Å². The second kappa shape index (κ2) is 6.73. The Hall–Kier alpha value is -3.20. The second-order valence-corrected chi connectivity index (χ2v) is 5.67. The summed E-state index contributed by atoms with van der Waals surface area (Å²) in [5.74, 6) is 0.893. The molecule has 1 unspecified atom stereocenters. The molecule has 1 aromatic carbocycles. The summed E-state index contributed by atoms with van der Waals surface area (Å²) >= 11 is 0. The predicted molar refractivity (Wildman–Crippen MR) is 92.6 cm³/mol. The molecule has 0 bridgehead atoms. The Morgan fingerprint density at radius 1 is 1.40 bits per heavy atom. The molecular weight excluding hydrogens is 322 g/mol. The number of imidazole rings is 1. The van der Waals surface area contributed by atoms with Crippen LogP contribution in [0.5, 0.6) is 0 Å². The largest absolute Gasteiger partial charge is 0.379 e. The van der Waals surface area contributed by atoms with Crippen molar-refractivity contribution in [1.82, 2.24) is 19.7 Å². The molecule has 130 valence electrons. The number of aryl methyl sites for hydroxylation is 1. The number of hydrogen-bond donors (Lipinski definition) is 3. The maximum absolute atomic E-state index is 12.4. The quantitative estimate of drug-likeness (QED) is 0.466. The van der Waals surface area contributed by atoms with E-state index in [0.29, 0.717) is 23.9 Å². The lowest BCUT2D eigenvalue weighted by Crippen LogP contribution is -2.18. The third-order valence-corrected chi connectivity index (χ3v) is 3.60. The molecule has 9 heteroatoms. The maximum Gasteiger partial charge on any atom is 0.327 e. The van der Waals surface area contributed by atoms with Gasteiger partial charge < -0.3 is 21.0 Å². The van der Waals surface area contributed by atoms with Gasteiger partial charge in [-0.05, 0) is 19.4 Å². The van der Waals surface area contributed by atoms with Crippen LogP contribution in [0.2, 0.25) is 0 Å². The number of hydrogen-bond acceptors (Lipinski definition) is 6. The zero-order chi connectivity index (χ0) is 18.0. The first-order valence-electron chi connectivity index (χ1n) is 7.72. The Kier molecular flexibility index (Phi) is 4.48. The Labute approximate surface area is 143 Å². The standard InChI is InChI=1S/C16H19N7O2/c1-9(17)12-14(21-13(18)15-19-10(2)22-25-15)23(16(24)20-12)8-11-6-4-3-5-7-11/h3-7,9H,8,17H2,1-2H3,(H2,18,21)(H,20,24). The zero-order valence-corrected chi connectivity index (χ0v) is 13.9. The van der Waals surface area contributed by atoms with E-state index in [0.717, 1.165) is 5.56 Å². The molecular formula is C16H19N7O2. The van der Waals surface area contributed by atoms with Crippen LogP contribution < -0.4 is 17.2 Å². The van der Waals surface area contributed by atoms with Crippen LogP contribution in [0.1, 0.15) is 35.9 Å². The van der Waals surface area contributed by atoms with Gasteiger partial charge in [0.1, 0.15) is 0 Å². The monoisotopic (exact) mass is 341 g/mol. The van der Waals surface area contributed by atoms with Crippen LogP contribution in [0.4, 0.5) is 5.82 Å². The summed E-state index contributed by atoms with van der Waals surface area (Å²) < 4.78 is 6.49. The number of aliphatic imine (C=N–C) groups is 1. The highest BCUT2D eigenvalue weighted by atomic mass is 16.5. The van der Waals surface area contributed by atoms with Crippen molar-refractivity contribution in [2.24, 2.45) is 16.5 Å². The number of nitrogens with zero attached hydrogens (tertiary/aromatic N) is 4. The molecule has 0 amide bonds. The van der Waals surface area contributed by atoms with Crippen LogP contribution in [-0.4, -0.2) is 25.5 Å². The maximum atomic E-state index is 12.4. The summed E-state index contributed by atoms with van der Waals surface area (Å²) in [4.78, 5) is 23.5. The van der Waals surface area contributed by atoms with E-state index in [1.807, 2.05) is 30.3 Å². The molecule has 0 aliphatic carbocycles. The molecule has 2 heterocycles. The highest BCUT2D eigenvalue weighted by Crippen LogP contribution is 2.22. The third kappa shape index (κ3) is 3.50. The molecule has 9 nitrogen and oxygen atoms in total. The number of nitrogens with two attached hydrogens (primary N) is 2. The van der Waals surface area contributed by atoms with Crippen LogP contribution in [0, 0.1) is 6.92 Å². The van der Waals surface area contributed by atoms with E-state index in [4.69, 9.17) is 16.0 Å². The number of nitrogens with one attached hydrogen (secondary N) is 1. The van der Waals surface area contributed by atoms with E-state index in [-0.39, 0.29) is 17.4 Å². The number of H-pyrrole nitrogens is 1. The van der Waals surface area contributed by atoms with E-state index < -0.39 is 6.04 Å². The van der Waals surface area contributed by atoms with E-state index in [1.165, 1.54) is 4.57 Å². The molecule has 0 aliphatic rings. The minimum Gasteiger partial charge on any atom is -0.379 e. The number of aromatic nitrogens is 4. The lowest BCUT2D eigenvalue weighted by molar-refractivity contribution is 0.405. The Balaban J connectivity index is 2.08. The van der Waals surface area contributed by atoms with Crippen LogP contribution in [0.15, 0.2) is 44.6 Å². The van der Waals surface area contributed by atoms with Crippen molar-refractivity contribution in [2.75, 3.05) is 0 Å². The lowest BCUT2D eigenvalue weighted by Gasteiger charge is -2.08. The van der Waals surface area contributed by atoms with Crippen LogP contribution >= 0.6 is 0 Å². The summed E-state index contributed by atoms with van der Waals surface area (Å²) in [5, 5.41) is 3.68. The molecule has 3 rings (SSSR count). The Morgan fingerprint density at radius 3 is 2.72 bits per heavy atom. The fourth-order valence-electron chi connectivity index (χ4n) is 2.39. The molecule has 0 saturated heterocycles. The first-order valence-corrected chi connectivity index (χ1v) is 7.72. The number of aromatic amines is 1. The van der Waals surface area contributed by atoms with Gasteiger partial charge in [0, 0.05) is 6.04 Å².